The Labute approximate surface area is 162 Å². The molecule has 1 aromatic rings. The van der Waals surface area contributed by atoms with Crippen molar-refractivity contribution in [3.05, 3.63) is 18.7 Å². The van der Waals surface area contributed by atoms with Crippen molar-refractivity contribution in [2.45, 2.75) is 57.0 Å². The molecule has 1 aromatic heterocycles. The number of nitrogens with zero attached hydrogens (tertiary/aromatic N) is 3. The SMILES string of the molecule is Cl.Cl.NC1C2CCCC1CC(C(=O)N1CCC(n3ccnc3)CC1)C2. The summed E-state index contributed by atoms with van der Waals surface area (Å²) in [6.45, 7) is 1.78. The molecule has 2 unspecified atom stereocenters. The van der Waals surface area contributed by atoms with Crippen LogP contribution in [0.5, 0.6) is 0 Å². The molecule has 142 valence electrons. The van der Waals surface area contributed by atoms with Gasteiger partial charge in [0.1, 0.15) is 0 Å². The van der Waals surface area contributed by atoms with Crippen molar-refractivity contribution in [2.24, 2.45) is 23.5 Å². The molecule has 1 saturated heterocycles. The molecule has 4 rings (SSSR count). The van der Waals surface area contributed by atoms with Gasteiger partial charge in [0, 0.05) is 43.5 Å². The minimum Gasteiger partial charge on any atom is -0.342 e. The fraction of sp³-hybridized carbons (Fsp3) is 0.778. The van der Waals surface area contributed by atoms with Crippen LogP contribution in [-0.4, -0.2) is 39.5 Å². The molecule has 25 heavy (non-hydrogen) atoms. The summed E-state index contributed by atoms with van der Waals surface area (Å²) in [5.74, 6) is 1.80. The molecule has 0 radical (unpaired) electrons. The second-order valence-corrected chi connectivity index (χ2v) is 7.76. The van der Waals surface area contributed by atoms with Gasteiger partial charge in [-0.15, -0.1) is 24.8 Å². The number of piperidine rings is 1. The van der Waals surface area contributed by atoms with Gasteiger partial charge in [0.05, 0.1) is 6.33 Å². The summed E-state index contributed by atoms with van der Waals surface area (Å²) in [5.41, 5.74) is 6.36. The van der Waals surface area contributed by atoms with Crippen LogP contribution in [0, 0.1) is 17.8 Å². The van der Waals surface area contributed by atoms with Gasteiger partial charge < -0.3 is 15.2 Å². The Morgan fingerprint density at radius 2 is 1.68 bits per heavy atom. The number of nitrogens with two attached hydrogens (primary N) is 1. The largest absolute Gasteiger partial charge is 0.342 e. The zero-order valence-electron chi connectivity index (χ0n) is 14.6. The molecule has 2 heterocycles. The number of carbonyl (C=O) groups is 1. The Balaban J connectivity index is 0.00000113. The quantitative estimate of drug-likeness (QED) is 0.846. The van der Waals surface area contributed by atoms with E-state index in [9.17, 15) is 4.79 Å². The first-order chi connectivity index (χ1) is 11.2. The zero-order chi connectivity index (χ0) is 15.8. The highest BCUT2D eigenvalue weighted by atomic mass is 35.5. The summed E-state index contributed by atoms with van der Waals surface area (Å²) in [7, 11) is 0. The van der Waals surface area contributed by atoms with E-state index in [-0.39, 0.29) is 30.7 Å². The van der Waals surface area contributed by atoms with Crippen molar-refractivity contribution in [3.63, 3.8) is 0 Å². The summed E-state index contributed by atoms with van der Waals surface area (Å²) in [5, 5.41) is 0. The van der Waals surface area contributed by atoms with Gasteiger partial charge in [0.2, 0.25) is 5.91 Å². The lowest BCUT2D eigenvalue weighted by Crippen LogP contribution is -2.50. The number of aromatic nitrogens is 2. The lowest BCUT2D eigenvalue weighted by Gasteiger charge is -2.45. The highest BCUT2D eigenvalue weighted by Gasteiger charge is 2.42. The number of amides is 1. The smallest absolute Gasteiger partial charge is 0.225 e. The first kappa shape index (κ1) is 20.5. The first-order valence-corrected chi connectivity index (χ1v) is 9.24. The molecule has 3 fully saturated rings. The Kier molecular flexibility index (Phi) is 7.18. The van der Waals surface area contributed by atoms with Gasteiger partial charge in [-0.25, -0.2) is 4.98 Å². The summed E-state index contributed by atoms with van der Waals surface area (Å²) >= 11 is 0. The molecule has 0 aromatic carbocycles. The van der Waals surface area contributed by atoms with E-state index in [1.807, 2.05) is 18.7 Å². The normalized spacial score (nSPS) is 32.4. The highest BCUT2D eigenvalue weighted by Crippen LogP contribution is 2.42. The molecule has 0 spiro atoms. The zero-order valence-corrected chi connectivity index (χ0v) is 16.3. The van der Waals surface area contributed by atoms with Crippen molar-refractivity contribution in [3.8, 4) is 0 Å². The number of hydrogen-bond acceptors (Lipinski definition) is 3. The number of hydrogen-bond donors (Lipinski definition) is 1. The molecule has 2 bridgehead atoms. The lowest BCUT2D eigenvalue weighted by molar-refractivity contribution is -0.140. The monoisotopic (exact) mass is 388 g/mol. The van der Waals surface area contributed by atoms with Gasteiger partial charge in [0.15, 0.2) is 0 Å². The van der Waals surface area contributed by atoms with Crippen LogP contribution in [-0.2, 0) is 4.79 Å². The molecule has 7 heteroatoms. The molecular formula is C18H30Cl2N4O. The summed E-state index contributed by atoms with van der Waals surface area (Å²) in [6.07, 6.45) is 13.7. The maximum absolute atomic E-state index is 13.0. The van der Waals surface area contributed by atoms with E-state index in [0.717, 1.165) is 38.8 Å². The van der Waals surface area contributed by atoms with Gasteiger partial charge in [-0.2, -0.15) is 0 Å². The Hall–Kier alpha value is -0.780. The van der Waals surface area contributed by atoms with E-state index in [1.54, 1.807) is 0 Å². The minimum absolute atomic E-state index is 0. The summed E-state index contributed by atoms with van der Waals surface area (Å²) in [4.78, 5) is 19.2. The van der Waals surface area contributed by atoms with E-state index in [1.165, 1.54) is 19.3 Å². The molecule has 2 saturated carbocycles. The van der Waals surface area contributed by atoms with Crippen LogP contribution < -0.4 is 5.73 Å². The van der Waals surface area contributed by atoms with Gasteiger partial charge in [-0.1, -0.05) is 6.42 Å². The van der Waals surface area contributed by atoms with Gasteiger partial charge in [-0.3, -0.25) is 4.79 Å². The van der Waals surface area contributed by atoms with Gasteiger partial charge in [0.25, 0.3) is 0 Å². The molecule has 2 N–H and O–H groups in total. The van der Waals surface area contributed by atoms with E-state index in [4.69, 9.17) is 5.73 Å². The third-order valence-electron chi connectivity index (χ3n) is 6.48. The number of imidazole rings is 1. The van der Waals surface area contributed by atoms with Crippen molar-refractivity contribution in [2.75, 3.05) is 13.1 Å². The first-order valence-electron chi connectivity index (χ1n) is 9.24. The molecule has 3 aliphatic rings. The molecular weight excluding hydrogens is 359 g/mol. The van der Waals surface area contributed by atoms with E-state index >= 15 is 0 Å². The molecule has 2 aliphatic carbocycles. The molecule has 2 atom stereocenters. The van der Waals surface area contributed by atoms with Crippen molar-refractivity contribution in [1.82, 2.24) is 14.5 Å². The van der Waals surface area contributed by atoms with Crippen LogP contribution in [0.1, 0.15) is 51.0 Å². The maximum Gasteiger partial charge on any atom is 0.225 e. The van der Waals surface area contributed by atoms with Crippen molar-refractivity contribution >= 4 is 30.7 Å². The predicted molar refractivity (Wildman–Crippen MR) is 103 cm³/mol. The van der Waals surface area contributed by atoms with Crippen LogP contribution in [0.3, 0.4) is 0 Å². The second-order valence-electron chi connectivity index (χ2n) is 7.76. The number of likely N-dealkylation sites (tertiary alicyclic amines) is 1. The van der Waals surface area contributed by atoms with E-state index in [0.29, 0.717) is 29.8 Å². The average Bonchev–Trinajstić information content (AvgIpc) is 3.08. The topological polar surface area (TPSA) is 64.2 Å². The van der Waals surface area contributed by atoms with Crippen LogP contribution in [0.4, 0.5) is 0 Å². The van der Waals surface area contributed by atoms with E-state index in [2.05, 4.69) is 14.5 Å². The van der Waals surface area contributed by atoms with Gasteiger partial charge in [-0.05, 0) is 50.4 Å². The second kappa shape index (κ2) is 8.74. The van der Waals surface area contributed by atoms with Crippen molar-refractivity contribution < 1.29 is 4.79 Å². The number of fused-ring (bicyclic) bond motifs is 2. The lowest BCUT2D eigenvalue weighted by atomic mass is 9.65. The summed E-state index contributed by atoms with van der Waals surface area (Å²) < 4.78 is 2.19. The Morgan fingerprint density at radius 3 is 2.24 bits per heavy atom. The fourth-order valence-electron chi connectivity index (χ4n) is 5.12. The Bertz CT molecular complexity index is 531. The fourth-order valence-corrected chi connectivity index (χ4v) is 5.12. The summed E-state index contributed by atoms with van der Waals surface area (Å²) in [6, 6.07) is 0.848. The van der Waals surface area contributed by atoms with E-state index < -0.39 is 0 Å². The third-order valence-corrected chi connectivity index (χ3v) is 6.48. The predicted octanol–water partition coefficient (Wildman–Crippen LogP) is 3.04. The average molecular weight is 389 g/mol. The number of halogens is 2. The van der Waals surface area contributed by atoms with Crippen LogP contribution >= 0.6 is 24.8 Å². The molecule has 5 nitrogen and oxygen atoms in total. The van der Waals surface area contributed by atoms with Crippen LogP contribution in [0.15, 0.2) is 18.7 Å². The van der Waals surface area contributed by atoms with Crippen molar-refractivity contribution in [1.29, 1.82) is 0 Å². The third kappa shape index (κ3) is 4.15. The van der Waals surface area contributed by atoms with Crippen LogP contribution in [0.2, 0.25) is 0 Å². The maximum atomic E-state index is 13.0. The molecule has 1 aliphatic heterocycles. The van der Waals surface area contributed by atoms with Gasteiger partial charge >= 0.3 is 0 Å². The number of carbonyl (C=O) groups excluding carboxylic acids is 1. The minimum atomic E-state index is 0. The molecule has 1 amide bonds. The van der Waals surface area contributed by atoms with Crippen LogP contribution in [0.25, 0.3) is 0 Å². The Morgan fingerprint density at radius 1 is 1.04 bits per heavy atom. The standard InChI is InChI=1S/C18H28N4O.2ClH/c19-17-13-2-1-3-14(17)11-15(10-13)18(23)21-7-4-16(5-8-21)22-9-6-20-12-22;;/h6,9,12-17H,1-5,7-8,10-11,19H2;2*1H. The number of rotatable bonds is 2. The highest BCUT2D eigenvalue weighted by molar-refractivity contribution is 5.85.